The molecule has 2 atom stereocenters. The lowest BCUT2D eigenvalue weighted by atomic mass is 9.90. The summed E-state index contributed by atoms with van der Waals surface area (Å²) < 4.78 is 6.95. The highest BCUT2D eigenvalue weighted by atomic mass is 79.9. The molecule has 0 saturated carbocycles. The SMILES string of the molecule is C=CCN1C(=S)NC2CC1(C)Oc1c(Br)cc(O)cc12. The summed E-state index contributed by atoms with van der Waals surface area (Å²) >= 11 is 8.88. The lowest BCUT2D eigenvalue weighted by Gasteiger charge is -2.52. The molecule has 0 aliphatic carbocycles. The second-order valence-electron chi connectivity index (χ2n) is 5.23. The van der Waals surface area contributed by atoms with E-state index in [-0.39, 0.29) is 11.8 Å². The van der Waals surface area contributed by atoms with Crippen LogP contribution in [0, 0.1) is 0 Å². The highest BCUT2D eigenvalue weighted by Crippen LogP contribution is 2.48. The minimum atomic E-state index is -0.506. The van der Waals surface area contributed by atoms with Gasteiger partial charge in [0, 0.05) is 18.5 Å². The van der Waals surface area contributed by atoms with Crippen LogP contribution in [0.3, 0.4) is 0 Å². The summed E-state index contributed by atoms with van der Waals surface area (Å²) in [5, 5.41) is 13.7. The van der Waals surface area contributed by atoms with E-state index in [9.17, 15) is 5.11 Å². The predicted octanol–water partition coefficient (Wildman–Crippen LogP) is 3.07. The summed E-state index contributed by atoms with van der Waals surface area (Å²) in [6.45, 7) is 6.42. The van der Waals surface area contributed by atoms with E-state index < -0.39 is 5.72 Å². The van der Waals surface area contributed by atoms with E-state index in [4.69, 9.17) is 17.0 Å². The van der Waals surface area contributed by atoms with Crippen LogP contribution in [0.2, 0.25) is 0 Å². The molecule has 2 aliphatic rings. The van der Waals surface area contributed by atoms with Crippen molar-refractivity contribution in [3.63, 3.8) is 0 Å². The van der Waals surface area contributed by atoms with Crippen LogP contribution >= 0.6 is 28.1 Å². The van der Waals surface area contributed by atoms with Crippen molar-refractivity contribution in [3.05, 3.63) is 34.8 Å². The molecule has 2 N–H and O–H groups in total. The molecule has 20 heavy (non-hydrogen) atoms. The second-order valence-corrected chi connectivity index (χ2v) is 6.47. The van der Waals surface area contributed by atoms with E-state index in [0.29, 0.717) is 11.7 Å². The Labute approximate surface area is 131 Å². The number of aromatic hydroxyl groups is 1. The summed E-state index contributed by atoms with van der Waals surface area (Å²) in [6, 6.07) is 3.41. The van der Waals surface area contributed by atoms with Crippen molar-refractivity contribution in [3.8, 4) is 11.5 Å². The number of ether oxygens (including phenoxy) is 1. The first-order chi connectivity index (χ1) is 9.44. The van der Waals surface area contributed by atoms with Crippen LogP contribution in [0.4, 0.5) is 0 Å². The maximum Gasteiger partial charge on any atom is 0.184 e. The van der Waals surface area contributed by atoms with Crippen molar-refractivity contribution < 1.29 is 9.84 Å². The van der Waals surface area contributed by atoms with Gasteiger partial charge in [0.25, 0.3) is 0 Å². The van der Waals surface area contributed by atoms with Gasteiger partial charge in [-0.1, -0.05) is 6.08 Å². The quantitative estimate of drug-likeness (QED) is 0.631. The average molecular weight is 355 g/mol. The molecular weight excluding hydrogens is 340 g/mol. The molecule has 0 radical (unpaired) electrons. The van der Waals surface area contributed by atoms with Crippen LogP contribution < -0.4 is 10.1 Å². The lowest BCUT2D eigenvalue weighted by Crippen LogP contribution is -2.64. The van der Waals surface area contributed by atoms with E-state index in [1.54, 1.807) is 12.1 Å². The third-order valence-corrected chi connectivity index (χ3v) is 4.69. The number of phenolic OH excluding ortho intramolecular Hbond substituents is 1. The van der Waals surface area contributed by atoms with Crippen LogP contribution in [0.5, 0.6) is 11.5 Å². The normalized spacial score (nSPS) is 27.4. The zero-order valence-electron chi connectivity index (χ0n) is 11.0. The maximum absolute atomic E-state index is 9.76. The van der Waals surface area contributed by atoms with Crippen LogP contribution in [0.15, 0.2) is 29.3 Å². The summed E-state index contributed by atoms with van der Waals surface area (Å²) in [5.74, 6) is 0.967. The van der Waals surface area contributed by atoms with Gasteiger partial charge in [-0.3, -0.25) is 0 Å². The zero-order valence-corrected chi connectivity index (χ0v) is 13.4. The van der Waals surface area contributed by atoms with Crippen molar-refractivity contribution in [1.82, 2.24) is 10.2 Å². The third-order valence-electron chi connectivity index (χ3n) is 3.76. The van der Waals surface area contributed by atoms with Gasteiger partial charge in [-0.25, -0.2) is 0 Å². The van der Waals surface area contributed by atoms with Gasteiger partial charge in [-0.05, 0) is 47.2 Å². The van der Waals surface area contributed by atoms with Gasteiger partial charge < -0.3 is 20.1 Å². The van der Waals surface area contributed by atoms with Crippen molar-refractivity contribution in [2.75, 3.05) is 6.54 Å². The molecule has 1 aromatic rings. The molecule has 3 rings (SSSR count). The Morgan fingerprint density at radius 1 is 1.70 bits per heavy atom. The minimum absolute atomic E-state index is 0.0423. The lowest BCUT2D eigenvalue weighted by molar-refractivity contribution is -0.0637. The molecule has 6 heteroatoms. The number of benzene rings is 1. The van der Waals surface area contributed by atoms with Gasteiger partial charge in [-0.2, -0.15) is 0 Å². The molecule has 1 saturated heterocycles. The number of rotatable bonds is 2. The first-order valence-electron chi connectivity index (χ1n) is 6.35. The number of hydrogen-bond acceptors (Lipinski definition) is 3. The Hall–Kier alpha value is -1.27. The molecule has 1 fully saturated rings. The zero-order chi connectivity index (χ0) is 14.5. The van der Waals surface area contributed by atoms with Crippen molar-refractivity contribution >= 4 is 33.3 Å². The van der Waals surface area contributed by atoms with Gasteiger partial charge in [0.15, 0.2) is 10.8 Å². The molecule has 0 amide bonds. The number of nitrogens with one attached hydrogen (secondary N) is 1. The molecule has 2 aliphatic heterocycles. The maximum atomic E-state index is 9.76. The molecule has 2 heterocycles. The average Bonchev–Trinajstić information content (AvgIpc) is 2.36. The Morgan fingerprint density at radius 2 is 2.45 bits per heavy atom. The highest BCUT2D eigenvalue weighted by molar-refractivity contribution is 9.10. The number of nitrogens with zero attached hydrogens (tertiary/aromatic N) is 1. The first kappa shape index (κ1) is 13.7. The molecule has 0 aromatic heterocycles. The Balaban J connectivity index is 2.10. The van der Waals surface area contributed by atoms with E-state index in [1.807, 2.05) is 17.9 Å². The van der Waals surface area contributed by atoms with Gasteiger partial charge in [0.1, 0.15) is 11.5 Å². The monoisotopic (exact) mass is 354 g/mol. The number of halogens is 1. The fraction of sp³-hybridized carbons (Fsp3) is 0.357. The van der Waals surface area contributed by atoms with E-state index in [0.717, 1.165) is 22.2 Å². The smallest absolute Gasteiger partial charge is 0.184 e. The Morgan fingerprint density at radius 3 is 3.15 bits per heavy atom. The molecule has 0 spiro atoms. The fourth-order valence-corrected chi connectivity index (χ4v) is 3.81. The first-order valence-corrected chi connectivity index (χ1v) is 7.55. The number of phenols is 1. The molecule has 2 bridgehead atoms. The molecule has 2 unspecified atom stereocenters. The summed E-state index contributed by atoms with van der Waals surface area (Å²) in [7, 11) is 0. The standard InChI is InChI=1S/C14H15BrN2O2S/c1-3-4-17-13(20)16-11-7-14(17,2)19-12-9(11)5-8(18)6-10(12)15/h3,5-6,11,18H,1,4,7H2,2H3,(H,16,20). The van der Waals surface area contributed by atoms with Gasteiger partial charge in [0.2, 0.25) is 0 Å². The third kappa shape index (κ3) is 1.98. The van der Waals surface area contributed by atoms with Crippen LogP contribution in [0.25, 0.3) is 0 Å². The van der Waals surface area contributed by atoms with Gasteiger partial charge in [0.05, 0.1) is 10.5 Å². The summed E-state index contributed by atoms with van der Waals surface area (Å²) in [4.78, 5) is 1.99. The predicted molar refractivity (Wildman–Crippen MR) is 84.8 cm³/mol. The molecule has 4 nitrogen and oxygen atoms in total. The van der Waals surface area contributed by atoms with Crippen molar-refractivity contribution in [2.24, 2.45) is 0 Å². The van der Waals surface area contributed by atoms with Crippen LogP contribution in [0.1, 0.15) is 24.9 Å². The van der Waals surface area contributed by atoms with Crippen molar-refractivity contribution in [1.29, 1.82) is 0 Å². The highest BCUT2D eigenvalue weighted by Gasteiger charge is 2.47. The van der Waals surface area contributed by atoms with E-state index >= 15 is 0 Å². The molecular formula is C14H15BrN2O2S. The Kier molecular flexibility index (Phi) is 3.17. The summed E-state index contributed by atoms with van der Waals surface area (Å²) in [6.07, 6.45) is 2.56. The fourth-order valence-electron chi connectivity index (χ4n) is 2.86. The molecule has 1 aromatic carbocycles. The van der Waals surface area contributed by atoms with E-state index in [2.05, 4.69) is 27.8 Å². The van der Waals surface area contributed by atoms with Crippen molar-refractivity contribution in [2.45, 2.75) is 25.1 Å². The molecule has 106 valence electrons. The van der Waals surface area contributed by atoms with E-state index in [1.165, 1.54) is 0 Å². The summed E-state index contributed by atoms with van der Waals surface area (Å²) in [5.41, 5.74) is 0.420. The topological polar surface area (TPSA) is 44.7 Å². The number of hydrogen-bond donors (Lipinski definition) is 2. The largest absolute Gasteiger partial charge is 0.508 e. The number of thiocarbonyl (C=S) groups is 1. The Bertz CT molecular complexity index is 607. The van der Waals surface area contributed by atoms with Crippen LogP contribution in [-0.4, -0.2) is 27.4 Å². The second kappa shape index (κ2) is 4.63. The number of fused-ring (bicyclic) bond motifs is 4. The minimum Gasteiger partial charge on any atom is -0.508 e. The van der Waals surface area contributed by atoms with Gasteiger partial charge in [-0.15, -0.1) is 6.58 Å². The van der Waals surface area contributed by atoms with Gasteiger partial charge >= 0.3 is 0 Å². The van der Waals surface area contributed by atoms with Crippen LogP contribution in [-0.2, 0) is 0 Å².